The Labute approximate surface area is 166 Å². The number of benzene rings is 2. The Kier molecular flexibility index (Phi) is 6.69. The van der Waals surface area contributed by atoms with Crippen LogP contribution in [0.5, 0.6) is 5.75 Å². The standard InChI is InChI=1S/C23H28N2O3/c1-17(2)28-21-12-10-20(11-13-21)25-16-19(15-22(25)26)23(27)24-14-6-9-18-7-4-3-5-8-18/h3-5,7-8,10-13,17,19H,6,9,14-16H2,1-2H3,(H,24,27)/t19-/m0/s1. The van der Waals surface area contributed by atoms with Gasteiger partial charge in [-0.05, 0) is 56.5 Å². The van der Waals surface area contributed by atoms with E-state index in [-0.39, 0.29) is 30.3 Å². The zero-order chi connectivity index (χ0) is 19.9. The van der Waals surface area contributed by atoms with Crippen LogP contribution >= 0.6 is 0 Å². The van der Waals surface area contributed by atoms with E-state index in [1.807, 2.05) is 56.3 Å². The minimum absolute atomic E-state index is 0.0121. The Hall–Kier alpha value is -2.82. The Morgan fingerprint density at radius 2 is 1.86 bits per heavy atom. The van der Waals surface area contributed by atoms with Crippen molar-refractivity contribution < 1.29 is 14.3 Å². The predicted molar refractivity (Wildman–Crippen MR) is 110 cm³/mol. The first-order valence-corrected chi connectivity index (χ1v) is 9.91. The molecule has 0 saturated carbocycles. The van der Waals surface area contributed by atoms with Gasteiger partial charge in [0.2, 0.25) is 11.8 Å². The first kappa shape index (κ1) is 19.9. The molecule has 0 unspecified atom stereocenters. The number of amides is 2. The Morgan fingerprint density at radius 3 is 2.54 bits per heavy atom. The summed E-state index contributed by atoms with van der Waals surface area (Å²) in [6.45, 7) is 5.00. The third-order valence-corrected chi connectivity index (χ3v) is 4.80. The molecule has 2 aromatic rings. The van der Waals surface area contributed by atoms with E-state index in [9.17, 15) is 9.59 Å². The number of carbonyl (C=O) groups is 2. The Morgan fingerprint density at radius 1 is 1.14 bits per heavy atom. The maximum atomic E-state index is 12.4. The van der Waals surface area contributed by atoms with Gasteiger partial charge in [0, 0.05) is 25.2 Å². The summed E-state index contributed by atoms with van der Waals surface area (Å²) in [6.07, 6.45) is 2.18. The van der Waals surface area contributed by atoms with E-state index in [1.165, 1.54) is 5.56 Å². The van der Waals surface area contributed by atoms with Crippen LogP contribution < -0.4 is 15.0 Å². The summed E-state index contributed by atoms with van der Waals surface area (Å²) in [7, 11) is 0. The molecule has 3 rings (SSSR count). The maximum absolute atomic E-state index is 12.4. The van der Waals surface area contributed by atoms with Gasteiger partial charge in [-0.1, -0.05) is 30.3 Å². The lowest BCUT2D eigenvalue weighted by atomic mass is 10.1. The third kappa shape index (κ3) is 5.35. The van der Waals surface area contributed by atoms with Gasteiger partial charge in [-0.15, -0.1) is 0 Å². The highest BCUT2D eigenvalue weighted by Gasteiger charge is 2.34. The summed E-state index contributed by atoms with van der Waals surface area (Å²) in [6, 6.07) is 17.7. The van der Waals surface area contributed by atoms with Crippen LogP contribution in [-0.2, 0) is 16.0 Å². The molecule has 0 aromatic heterocycles. The summed E-state index contributed by atoms with van der Waals surface area (Å²) in [4.78, 5) is 26.5. The minimum atomic E-state index is -0.296. The Balaban J connectivity index is 1.47. The molecule has 5 heteroatoms. The molecule has 1 fully saturated rings. The van der Waals surface area contributed by atoms with E-state index in [4.69, 9.17) is 4.74 Å². The molecule has 1 saturated heterocycles. The van der Waals surface area contributed by atoms with E-state index in [0.717, 1.165) is 24.3 Å². The maximum Gasteiger partial charge on any atom is 0.227 e. The number of rotatable bonds is 8. The molecule has 2 amide bonds. The zero-order valence-corrected chi connectivity index (χ0v) is 16.6. The minimum Gasteiger partial charge on any atom is -0.491 e. The summed E-state index contributed by atoms with van der Waals surface area (Å²) in [5.41, 5.74) is 2.07. The first-order chi connectivity index (χ1) is 13.5. The topological polar surface area (TPSA) is 58.6 Å². The van der Waals surface area contributed by atoms with Crippen molar-refractivity contribution in [1.82, 2.24) is 5.32 Å². The van der Waals surface area contributed by atoms with Crippen molar-refractivity contribution in [3.8, 4) is 5.75 Å². The number of hydrogen-bond acceptors (Lipinski definition) is 3. The second kappa shape index (κ2) is 9.40. The van der Waals surface area contributed by atoms with E-state index >= 15 is 0 Å². The van der Waals surface area contributed by atoms with Gasteiger partial charge >= 0.3 is 0 Å². The molecule has 0 radical (unpaired) electrons. The molecule has 1 N–H and O–H groups in total. The third-order valence-electron chi connectivity index (χ3n) is 4.80. The van der Waals surface area contributed by atoms with Crippen molar-refractivity contribution >= 4 is 17.5 Å². The molecular formula is C23H28N2O3. The van der Waals surface area contributed by atoms with Gasteiger partial charge < -0.3 is 15.0 Å². The van der Waals surface area contributed by atoms with Crippen LogP contribution in [0.1, 0.15) is 32.3 Å². The largest absolute Gasteiger partial charge is 0.491 e. The van der Waals surface area contributed by atoms with Crippen LogP contribution in [0, 0.1) is 5.92 Å². The van der Waals surface area contributed by atoms with Crippen molar-refractivity contribution in [1.29, 1.82) is 0 Å². The fourth-order valence-electron chi connectivity index (χ4n) is 3.40. The van der Waals surface area contributed by atoms with Gasteiger partial charge in [-0.25, -0.2) is 0 Å². The van der Waals surface area contributed by atoms with E-state index in [2.05, 4.69) is 17.4 Å². The lowest BCUT2D eigenvalue weighted by molar-refractivity contribution is -0.126. The first-order valence-electron chi connectivity index (χ1n) is 9.91. The van der Waals surface area contributed by atoms with Gasteiger partial charge in [0.15, 0.2) is 0 Å². The van der Waals surface area contributed by atoms with E-state index in [1.54, 1.807) is 4.90 Å². The highest BCUT2D eigenvalue weighted by molar-refractivity contribution is 6.00. The van der Waals surface area contributed by atoms with Gasteiger partial charge in [0.25, 0.3) is 0 Å². The second-order valence-electron chi connectivity index (χ2n) is 7.45. The highest BCUT2D eigenvalue weighted by Crippen LogP contribution is 2.27. The number of hydrogen-bond donors (Lipinski definition) is 1. The SMILES string of the molecule is CC(C)Oc1ccc(N2C[C@@H](C(=O)NCCCc3ccccc3)CC2=O)cc1. The molecule has 1 heterocycles. The summed E-state index contributed by atoms with van der Waals surface area (Å²) < 4.78 is 5.64. The predicted octanol–water partition coefficient (Wildman–Crippen LogP) is 3.58. The number of anilines is 1. The number of aryl methyl sites for hydroxylation is 1. The summed E-state index contributed by atoms with van der Waals surface area (Å²) >= 11 is 0. The number of nitrogens with one attached hydrogen (secondary N) is 1. The quantitative estimate of drug-likeness (QED) is 0.712. The van der Waals surface area contributed by atoms with Crippen molar-refractivity contribution in [2.24, 2.45) is 5.92 Å². The van der Waals surface area contributed by atoms with Crippen LogP contribution in [-0.4, -0.2) is 31.0 Å². The molecule has 0 aliphatic carbocycles. The molecule has 1 aliphatic rings. The van der Waals surface area contributed by atoms with Crippen LogP contribution in [0.25, 0.3) is 0 Å². The fraction of sp³-hybridized carbons (Fsp3) is 0.391. The van der Waals surface area contributed by atoms with Crippen LogP contribution in [0.2, 0.25) is 0 Å². The molecule has 28 heavy (non-hydrogen) atoms. The molecule has 1 atom stereocenters. The fourth-order valence-corrected chi connectivity index (χ4v) is 3.40. The van der Waals surface area contributed by atoms with Crippen molar-refractivity contribution in [3.63, 3.8) is 0 Å². The normalized spacial score (nSPS) is 16.5. The highest BCUT2D eigenvalue weighted by atomic mass is 16.5. The lowest BCUT2D eigenvalue weighted by Gasteiger charge is -2.18. The average molecular weight is 380 g/mol. The molecule has 148 valence electrons. The van der Waals surface area contributed by atoms with E-state index < -0.39 is 0 Å². The number of ether oxygens (including phenoxy) is 1. The molecule has 5 nitrogen and oxygen atoms in total. The van der Waals surface area contributed by atoms with Crippen LogP contribution in [0.3, 0.4) is 0 Å². The molecule has 0 spiro atoms. The monoisotopic (exact) mass is 380 g/mol. The molecular weight excluding hydrogens is 352 g/mol. The van der Waals surface area contributed by atoms with Gasteiger partial charge in [0.1, 0.15) is 5.75 Å². The van der Waals surface area contributed by atoms with Crippen molar-refractivity contribution in [2.45, 2.75) is 39.2 Å². The summed E-state index contributed by atoms with van der Waals surface area (Å²) in [5, 5.41) is 2.98. The van der Waals surface area contributed by atoms with E-state index in [0.29, 0.717) is 13.1 Å². The molecule has 0 bridgehead atoms. The Bertz CT molecular complexity index is 787. The smallest absolute Gasteiger partial charge is 0.227 e. The van der Waals surface area contributed by atoms with Gasteiger partial charge in [-0.3, -0.25) is 9.59 Å². The number of nitrogens with zero attached hydrogens (tertiary/aromatic N) is 1. The molecule has 1 aliphatic heterocycles. The zero-order valence-electron chi connectivity index (χ0n) is 16.6. The lowest BCUT2D eigenvalue weighted by Crippen LogP contribution is -2.33. The van der Waals surface area contributed by atoms with Crippen LogP contribution in [0.15, 0.2) is 54.6 Å². The van der Waals surface area contributed by atoms with Gasteiger partial charge in [0.05, 0.1) is 12.0 Å². The van der Waals surface area contributed by atoms with Crippen molar-refractivity contribution in [3.05, 3.63) is 60.2 Å². The average Bonchev–Trinajstić information content (AvgIpc) is 3.08. The summed E-state index contributed by atoms with van der Waals surface area (Å²) in [5.74, 6) is 0.430. The number of carbonyl (C=O) groups excluding carboxylic acids is 2. The molecule has 2 aromatic carbocycles. The van der Waals surface area contributed by atoms with Crippen LogP contribution in [0.4, 0.5) is 5.69 Å². The second-order valence-corrected chi connectivity index (χ2v) is 7.45. The van der Waals surface area contributed by atoms with Crippen molar-refractivity contribution in [2.75, 3.05) is 18.0 Å². The van der Waals surface area contributed by atoms with Gasteiger partial charge in [-0.2, -0.15) is 0 Å².